The predicted octanol–water partition coefficient (Wildman–Crippen LogP) is -1.18. The van der Waals surface area contributed by atoms with Gasteiger partial charge in [-0.2, -0.15) is 0 Å². The van der Waals surface area contributed by atoms with Crippen molar-refractivity contribution in [3.63, 3.8) is 0 Å². The first-order valence-electron chi connectivity index (χ1n) is 4.93. The maximum Gasteiger partial charge on any atom is 0.235 e. The van der Waals surface area contributed by atoms with E-state index in [0.29, 0.717) is 13.0 Å². The van der Waals surface area contributed by atoms with Gasteiger partial charge in [0.15, 0.2) is 0 Å². The van der Waals surface area contributed by atoms with Gasteiger partial charge < -0.3 is 5.32 Å². The number of rotatable bonds is 6. The molecule has 0 aromatic carbocycles. The third-order valence-electron chi connectivity index (χ3n) is 1.74. The zero-order valence-electron chi connectivity index (χ0n) is 9.54. The summed E-state index contributed by atoms with van der Waals surface area (Å²) in [6.45, 7) is 4.60. The van der Waals surface area contributed by atoms with Crippen molar-refractivity contribution in [3.8, 4) is 0 Å². The Hall–Kier alpha value is -1.14. The van der Waals surface area contributed by atoms with Gasteiger partial charge in [-0.05, 0) is 20.9 Å². The molecule has 6 heteroatoms. The van der Waals surface area contributed by atoms with Crippen molar-refractivity contribution in [1.29, 1.82) is 0 Å². The molecule has 0 aliphatic carbocycles. The Balaban J connectivity index is 3.68. The van der Waals surface area contributed by atoms with Gasteiger partial charge in [-0.1, -0.05) is 0 Å². The SMILES string of the molecule is CC(C)NC(=O)CN(C)CCC(=O)NN. The van der Waals surface area contributed by atoms with Gasteiger partial charge in [-0.3, -0.25) is 19.9 Å². The quantitative estimate of drug-likeness (QED) is 0.296. The predicted molar refractivity (Wildman–Crippen MR) is 57.7 cm³/mol. The third kappa shape index (κ3) is 7.90. The smallest absolute Gasteiger partial charge is 0.235 e. The molecule has 6 nitrogen and oxygen atoms in total. The lowest BCUT2D eigenvalue weighted by molar-refractivity contribution is -0.124. The van der Waals surface area contributed by atoms with E-state index < -0.39 is 0 Å². The van der Waals surface area contributed by atoms with Crippen molar-refractivity contribution >= 4 is 11.8 Å². The molecular weight excluding hydrogens is 196 g/mol. The number of nitrogens with one attached hydrogen (secondary N) is 2. The molecule has 0 unspecified atom stereocenters. The molecule has 88 valence electrons. The van der Waals surface area contributed by atoms with Crippen molar-refractivity contribution in [2.45, 2.75) is 26.3 Å². The van der Waals surface area contributed by atoms with Gasteiger partial charge in [0.1, 0.15) is 0 Å². The molecule has 0 heterocycles. The van der Waals surface area contributed by atoms with E-state index in [1.165, 1.54) is 0 Å². The third-order valence-corrected chi connectivity index (χ3v) is 1.74. The summed E-state index contributed by atoms with van der Waals surface area (Å²) in [5, 5.41) is 2.77. The molecule has 0 saturated carbocycles. The van der Waals surface area contributed by atoms with Gasteiger partial charge in [-0.25, -0.2) is 5.84 Å². The monoisotopic (exact) mass is 216 g/mol. The molecule has 0 radical (unpaired) electrons. The Labute approximate surface area is 90.2 Å². The van der Waals surface area contributed by atoms with Gasteiger partial charge in [0.25, 0.3) is 0 Å². The van der Waals surface area contributed by atoms with E-state index in [2.05, 4.69) is 5.32 Å². The van der Waals surface area contributed by atoms with Gasteiger partial charge >= 0.3 is 0 Å². The van der Waals surface area contributed by atoms with Crippen molar-refractivity contribution < 1.29 is 9.59 Å². The largest absolute Gasteiger partial charge is 0.353 e. The molecule has 0 fully saturated rings. The van der Waals surface area contributed by atoms with E-state index in [1.807, 2.05) is 19.3 Å². The van der Waals surface area contributed by atoms with E-state index in [0.717, 1.165) is 0 Å². The highest BCUT2D eigenvalue weighted by atomic mass is 16.2. The highest BCUT2D eigenvalue weighted by molar-refractivity contribution is 5.78. The van der Waals surface area contributed by atoms with E-state index in [4.69, 9.17) is 5.84 Å². The summed E-state index contributed by atoms with van der Waals surface area (Å²) < 4.78 is 0. The minimum atomic E-state index is -0.230. The summed E-state index contributed by atoms with van der Waals surface area (Å²) in [5.41, 5.74) is 2.04. The Morgan fingerprint density at radius 3 is 2.40 bits per heavy atom. The Bertz CT molecular complexity index is 218. The maximum atomic E-state index is 11.3. The molecule has 0 aromatic heterocycles. The molecule has 15 heavy (non-hydrogen) atoms. The molecule has 0 aliphatic rings. The normalized spacial score (nSPS) is 10.5. The average molecular weight is 216 g/mol. The lowest BCUT2D eigenvalue weighted by Crippen LogP contribution is -2.40. The van der Waals surface area contributed by atoms with Gasteiger partial charge in [0.05, 0.1) is 6.54 Å². The van der Waals surface area contributed by atoms with Crippen LogP contribution < -0.4 is 16.6 Å². The number of likely N-dealkylation sites (N-methyl/N-ethyl adjacent to an activating group) is 1. The molecule has 0 aliphatic heterocycles. The Morgan fingerprint density at radius 1 is 1.33 bits per heavy atom. The fraction of sp³-hybridized carbons (Fsp3) is 0.778. The zero-order valence-corrected chi connectivity index (χ0v) is 9.54. The molecule has 0 saturated heterocycles. The van der Waals surface area contributed by atoms with Crippen LogP contribution >= 0.6 is 0 Å². The fourth-order valence-electron chi connectivity index (χ4n) is 1.06. The second kappa shape index (κ2) is 7.19. The second-order valence-corrected chi connectivity index (χ2v) is 3.78. The zero-order chi connectivity index (χ0) is 11.8. The highest BCUT2D eigenvalue weighted by Gasteiger charge is 2.08. The lowest BCUT2D eigenvalue weighted by atomic mass is 10.3. The first kappa shape index (κ1) is 13.9. The lowest BCUT2D eigenvalue weighted by Gasteiger charge is -2.16. The van der Waals surface area contributed by atoms with E-state index in [1.54, 1.807) is 11.9 Å². The van der Waals surface area contributed by atoms with Crippen LogP contribution in [0, 0.1) is 0 Å². The molecule has 0 aromatic rings. The maximum absolute atomic E-state index is 11.3. The van der Waals surface area contributed by atoms with Crippen molar-refractivity contribution in [2.24, 2.45) is 5.84 Å². The van der Waals surface area contributed by atoms with Crippen molar-refractivity contribution in [1.82, 2.24) is 15.6 Å². The topological polar surface area (TPSA) is 87.5 Å². The van der Waals surface area contributed by atoms with Crippen LogP contribution in [0.2, 0.25) is 0 Å². The summed E-state index contributed by atoms with van der Waals surface area (Å²) in [6.07, 6.45) is 0.294. The fourth-order valence-corrected chi connectivity index (χ4v) is 1.06. The summed E-state index contributed by atoms with van der Waals surface area (Å²) in [6, 6.07) is 0.137. The van der Waals surface area contributed by atoms with Crippen LogP contribution in [-0.2, 0) is 9.59 Å². The first-order valence-corrected chi connectivity index (χ1v) is 4.93. The van der Waals surface area contributed by atoms with Crippen LogP contribution in [-0.4, -0.2) is 42.9 Å². The van der Waals surface area contributed by atoms with Gasteiger partial charge in [0, 0.05) is 19.0 Å². The molecule has 0 rings (SSSR count). The van der Waals surface area contributed by atoms with Crippen molar-refractivity contribution in [3.05, 3.63) is 0 Å². The standard InChI is InChI=1S/C9H20N4O2/c1-7(2)11-9(15)6-13(3)5-4-8(14)12-10/h7H,4-6,10H2,1-3H3,(H,11,15)(H,12,14). The summed E-state index contributed by atoms with van der Waals surface area (Å²) in [4.78, 5) is 23.9. The molecule has 0 spiro atoms. The number of nitrogens with zero attached hydrogens (tertiary/aromatic N) is 1. The van der Waals surface area contributed by atoms with E-state index in [-0.39, 0.29) is 24.4 Å². The average Bonchev–Trinajstić information content (AvgIpc) is 2.12. The minimum absolute atomic E-state index is 0.0411. The number of hydrogen-bond acceptors (Lipinski definition) is 4. The van der Waals surface area contributed by atoms with Crippen LogP contribution in [0.15, 0.2) is 0 Å². The van der Waals surface area contributed by atoms with Gasteiger partial charge in [0.2, 0.25) is 11.8 Å². The summed E-state index contributed by atoms with van der Waals surface area (Å²) in [7, 11) is 1.78. The molecule has 2 amide bonds. The number of nitrogens with two attached hydrogens (primary N) is 1. The summed E-state index contributed by atoms with van der Waals surface area (Å²) >= 11 is 0. The second-order valence-electron chi connectivity index (χ2n) is 3.78. The Kier molecular flexibility index (Phi) is 6.64. The van der Waals surface area contributed by atoms with Crippen LogP contribution in [0.25, 0.3) is 0 Å². The van der Waals surface area contributed by atoms with Crippen LogP contribution in [0.3, 0.4) is 0 Å². The molecule has 0 atom stereocenters. The Morgan fingerprint density at radius 2 is 1.93 bits per heavy atom. The van der Waals surface area contributed by atoms with Crippen molar-refractivity contribution in [2.75, 3.05) is 20.1 Å². The number of hydrazine groups is 1. The molecule has 4 N–H and O–H groups in total. The van der Waals surface area contributed by atoms with Gasteiger partial charge in [-0.15, -0.1) is 0 Å². The number of amides is 2. The van der Waals surface area contributed by atoms with Crippen LogP contribution in [0.1, 0.15) is 20.3 Å². The van der Waals surface area contributed by atoms with E-state index in [9.17, 15) is 9.59 Å². The molecular formula is C9H20N4O2. The van der Waals surface area contributed by atoms with Crippen LogP contribution in [0.5, 0.6) is 0 Å². The highest BCUT2D eigenvalue weighted by Crippen LogP contribution is 1.88. The van der Waals surface area contributed by atoms with Crippen LogP contribution in [0.4, 0.5) is 0 Å². The number of hydrogen-bond donors (Lipinski definition) is 3. The minimum Gasteiger partial charge on any atom is -0.353 e. The molecule has 0 bridgehead atoms. The number of carbonyl (C=O) groups excluding carboxylic acids is 2. The number of carbonyl (C=O) groups is 2. The van der Waals surface area contributed by atoms with E-state index >= 15 is 0 Å². The first-order chi connectivity index (χ1) is 6.95. The summed E-state index contributed by atoms with van der Waals surface area (Å²) in [5.74, 6) is 4.66.